The number of para-hydroxylation sites is 2. The molecule has 6 heteroatoms. The van der Waals surface area contributed by atoms with E-state index in [2.05, 4.69) is 22.4 Å². The summed E-state index contributed by atoms with van der Waals surface area (Å²) in [7, 11) is 0. The van der Waals surface area contributed by atoms with Crippen LogP contribution in [0.15, 0.2) is 60.8 Å². The highest BCUT2D eigenvalue weighted by Gasteiger charge is 2.20. The number of alkyl halides is 1. The molecule has 0 fully saturated rings. The molecule has 146 valence electrons. The van der Waals surface area contributed by atoms with E-state index in [-0.39, 0.29) is 0 Å². The van der Waals surface area contributed by atoms with Gasteiger partial charge in [-0.1, -0.05) is 18.2 Å². The molecule has 0 aliphatic carbocycles. The van der Waals surface area contributed by atoms with E-state index in [1.54, 1.807) is 6.20 Å². The highest BCUT2D eigenvalue weighted by molar-refractivity contribution is 6.18. The standard InChI is InChI=1S/C24H18ClN5/c1-15-18(10-11-25)23(28-17-8-9-20-16(13-17)5-4-12-27-20)30-22-7-3-2-6-21(22)29-24(30)19(15)14-26/h2-9,12-13,28H,10-11H2,1H3. The molecule has 0 aliphatic rings. The largest absolute Gasteiger partial charge is 0.341 e. The molecular weight excluding hydrogens is 394 g/mol. The monoisotopic (exact) mass is 411 g/mol. The van der Waals surface area contributed by atoms with Crippen molar-refractivity contribution in [3.8, 4) is 6.07 Å². The number of imidazole rings is 1. The van der Waals surface area contributed by atoms with Crippen molar-refractivity contribution >= 4 is 50.7 Å². The second-order valence-corrected chi connectivity index (χ2v) is 7.55. The quantitative estimate of drug-likeness (QED) is 0.383. The second-order valence-electron chi connectivity index (χ2n) is 7.17. The first-order valence-electron chi connectivity index (χ1n) is 9.71. The summed E-state index contributed by atoms with van der Waals surface area (Å²) in [6.07, 6.45) is 2.43. The highest BCUT2D eigenvalue weighted by atomic mass is 35.5. The third-order valence-corrected chi connectivity index (χ3v) is 5.63. The summed E-state index contributed by atoms with van der Waals surface area (Å²) in [6, 6.07) is 20.3. The van der Waals surface area contributed by atoms with Gasteiger partial charge in [0, 0.05) is 23.2 Å². The van der Waals surface area contributed by atoms with Crippen molar-refractivity contribution in [1.82, 2.24) is 14.4 Å². The zero-order valence-corrected chi connectivity index (χ0v) is 17.1. The Bertz CT molecular complexity index is 1460. The Balaban J connectivity index is 1.82. The average molecular weight is 412 g/mol. The van der Waals surface area contributed by atoms with Gasteiger partial charge in [0.15, 0.2) is 5.65 Å². The number of fused-ring (bicyclic) bond motifs is 4. The first kappa shape index (κ1) is 18.4. The lowest BCUT2D eigenvalue weighted by Gasteiger charge is -2.18. The smallest absolute Gasteiger partial charge is 0.157 e. The molecule has 3 heterocycles. The van der Waals surface area contributed by atoms with Gasteiger partial charge in [0.2, 0.25) is 0 Å². The fourth-order valence-electron chi connectivity index (χ4n) is 4.01. The van der Waals surface area contributed by atoms with Gasteiger partial charge in [-0.15, -0.1) is 11.6 Å². The molecule has 0 unspecified atom stereocenters. The predicted octanol–water partition coefficient (Wildman–Crippen LogP) is 5.74. The Hall–Kier alpha value is -3.62. The van der Waals surface area contributed by atoms with Crippen molar-refractivity contribution in [2.45, 2.75) is 13.3 Å². The summed E-state index contributed by atoms with van der Waals surface area (Å²) in [4.78, 5) is 9.16. The van der Waals surface area contributed by atoms with Gasteiger partial charge in [0.1, 0.15) is 11.9 Å². The first-order valence-corrected chi connectivity index (χ1v) is 10.2. The number of hydrogen-bond acceptors (Lipinski definition) is 4. The normalized spacial score (nSPS) is 11.2. The molecular formula is C24H18ClN5. The van der Waals surface area contributed by atoms with Crippen molar-refractivity contribution in [2.24, 2.45) is 0 Å². The lowest BCUT2D eigenvalue weighted by Crippen LogP contribution is -2.09. The Morgan fingerprint density at radius 2 is 1.97 bits per heavy atom. The summed E-state index contributed by atoms with van der Waals surface area (Å²) in [5.74, 6) is 1.35. The van der Waals surface area contributed by atoms with Gasteiger partial charge in [-0.25, -0.2) is 4.98 Å². The zero-order chi connectivity index (χ0) is 20.7. The molecule has 5 rings (SSSR count). The third kappa shape index (κ3) is 2.85. The van der Waals surface area contributed by atoms with E-state index in [1.807, 2.05) is 59.9 Å². The second kappa shape index (κ2) is 7.33. The van der Waals surface area contributed by atoms with Crippen molar-refractivity contribution in [3.05, 3.63) is 77.5 Å². The molecule has 0 saturated carbocycles. The van der Waals surface area contributed by atoms with Gasteiger partial charge < -0.3 is 5.32 Å². The number of nitrogens with one attached hydrogen (secondary N) is 1. The Morgan fingerprint density at radius 3 is 2.80 bits per heavy atom. The van der Waals surface area contributed by atoms with E-state index >= 15 is 0 Å². The van der Waals surface area contributed by atoms with Crippen LogP contribution in [-0.4, -0.2) is 20.2 Å². The number of rotatable bonds is 4. The van der Waals surface area contributed by atoms with Crippen LogP contribution in [0.4, 0.5) is 11.5 Å². The molecule has 5 nitrogen and oxygen atoms in total. The third-order valence-electron chi connectivity index (χ3n) is 5.44. The van der Waals surface area contributed by atoms with Gasteiger partial charge in [-0.2, -0.15) is 5.26 Å². The van der Waals surface area contributed by atoms with Crippen molar-refractivity contribution in [2.75, 3.05) is 11.2 Å². The van der Waals surface area contributed by atoms with Crippen LogP contribution in [0.3, 0.4) is 0 Å². The van der Waals surface area contributed by atoms with Crippen LogP contribution in [0.25, 0.3) is 27.6 Å². The first-order chi connectivity index (χ1) is 14.7. The van der Waals surface area contributed by atoms with Gasteiger partial charge in [0.25, 0.3) is 0 Å². The number of nitrogens with zero attached hydrogens (tertiary/aromatic N) is 4. The van der Waals surface area contributed by atoms with Crippen LogP contribution in [-0.2, 0) is 6.42 Å². The molecule has 5 aromatic rings. The minimum absolute atomic E-state index is 0.458. The number of anilines is 2. The molecule has 0 radical (unpaired) electrons. The molecule has 0 saturated heterocycles. The summed E-state index contributed by atoms with van der Waals surface area (Å²) >= 11 is 6.16. The minimum atomic E-state index is 0.458. The molecule has 3 aromatic heterocycles. The number of hydrogen-bond donors (Lipinski definition) is 1. The molecule has 0 amide bonds. The van der Waals surface area contributed by atoms with Crippen LogP contribution in [0.1, 0.15) is 16.7 Å². The summed E-state index contributed by atoms with van der Waals surface area (Å²) in [6.45, 7) is 1.97. The number of nitriles is 1. The molecule has 0 bridgehead atoms. The topological polar surface area (TPSA) is 66.0 Å². The predicted molar refractivity (Wildman–Crippen MR) is 122 cm³/mol. The molecule has 1 N–H and O–H groups in total. The van der Waals surface area contributed by atoms with Crippen LogP contribution in [0.5, 0.6) is 0 Å². The van der Waals surface area contributed by atoms with Crippen molar-refractivity contribution in [1.29, 1.82) is 5.26 Å². The van der Waals surface area contributed by atoms with Crippen molar-refractivity contribution in [3.63, 3.8) is 0 Å². The average Bonchev–Trinajstić information content (AvgIpc) is 3.15. The molecule has 0 atom stereocenters. The summed E-state index contributed by atoms with van der Waals surface area (Å²) in [5, 5.41) is 14.5. The van der Waals surface area contributed by atoms with Gasteiger partial charge in [-0.3, -0.25) is 9.38 Å². The Kier molecular flexibility index (Phi) is 4.50. The van der Waals surface area contributed by atoms with E-state index in [0.717, 1.165) is 44.6 Å². The van der Waals surface area contributed by atoms with Gasteiger partial charge >= 0.3 is 0 Å². The number of halogens is 1. The van der Waals surface area contributed by atoms with Crippen LogP contribution >= 0.6 is 11.6 Å². The minimum Gasteiger partial charge on any atom is -0.341 e. The lowest BCUT2D eigenvalue weighted by molar-refractivity contribution is 1.06. The number of benzene rings is 2. The Labute approximate surface area is 178 Å². The van der Waals surface area contributed by atoms with E-state index in [0.29, 0.717) is 23.5 Å². The summed E-state index contributed by atoms with van der Waals surface area (Å²) < 4.78 is 2.04. The van der Waals surface area contributed by atoms with Crippen molar-refractivity contribution < 1.29 is 0 Å². The maximum Gasteiger partial charge on any atom is 0.157 e. The van der Waals surface area contributed by atoms with Crippen LogP contribution < -0.4 is 5.32 Å². The lowest BCUT2D eigenvalue weighted by atomic mass is 10.0. The number of pyridine rings is 2. The van der Waals surface area contributed by atoms with Gasteiger partial charge in [-0.05, 0) is 60.9 Å². The Morgan fingerprint density at radius 1 is 1.10 bits per heavy atom. The SMILES string of the molecule is Cc1c(CCCl)c(Nc2ccc3ncccc3c2)n2c(nc3ccccc32)c1C#N. The van der Waals surface area contributed by atoms with E-state index in [1.165, 1.54) is 0 Å². The fourth-order valence-corrected chi connectivity index (χ4v) is 4.20. The van der Waals surface area contributed by atoms with Crippen LogP contribution in [0.2, 0.25) is 0 Å². The maximum absolute atomic E-state index is 9.87. The van der Waals surface area contributed by atoms with E-state index < -0.39 is 0 Å². The van der Waals surface area contributed by atoms with Crippen LogP contribution in [0, 0.1) is 18.3 Å². The molecule has 0 aliphatic heterocycles. The highest BCUT2D eigenvalue weighted by Crippen LogP contribution is 2.33. The zero-order valence-electron chi connectivity index (χ0n) is 16.4. The number of aromatic nitrogens is 3. The molecule has 0 spiro atoms. The summed E-state index contributed by atoms with van der Waals surface area (Å²) in [5.41, 5.74) is 6.84. The maximum atomic E-state index is 9.87. The molecule has 2 aromatic carbocycles. The van der Waals surface area contributed by atoms with E-state index in [4.69, 9.17) is 16.6 Å². The van der Waals surface area contributed by atoms with Gasteiger partial charge in [0.05, 0.1) is 22.1 Å². The molecule has 30 heavy (non-hydrogen) atoms. The van der Waals surface area contributed by atoms with E-state index in [9.17, 15) is 5.26 Å². The fraction of sp³-hybridized carbons (Fsp3) is 0.125.